The Balaban J connectivity index is 2.13. The van der Waals surface area contributed by atoms with Gasteiger partial charge < -0.3 is 10.3 Å². The molecular formula is C15H21FN4. The summed E-state index contributed by atoms with van der Waals surface area (Å²) in [6.07, 6.45) is 3.69. The van der Waals surface area contributed by atoms with Crippen molar-refractivity contribution in [2.24, 2.45) is 5.73 Å². The number of hydrogen-bond donors (Lipinski definition) is 1. The SMILES string of the molecule is CCn1cncc1C(CN)N(C)Cc1ccc(F)cc1. The third-order valence-corrected chi connectivity index (χ3v) is 3.53. The van der Waals surface area contributed by atoms with Gasteiger partial charge in [0.25, 0.3) is 0 Å². The van der Waals surface area contributed by atoms with E-state index in [0.717, 1.165) is 24.3 Å². The molecular weight excluding hydrogens is 255 g/mol. The van der Waals surface area contributed by atoms with Crippen LogP contribution in [0.5, 0.6) is 0 Å². The first kappa shape index (κ1) is 14.7. The molecule has 0 bridgehead atoms. The Morgan fingerprint density at radius 3 is 2.65 bits per heavy atom. The first-order valence-electron chi connectivity index (χ1n) is 6.80. The second-order valence-corrected chi connectivity index (χ2v) is 4.90. The molecule has 1 aromatic carbocycles. The summed E-state index contributed by atoms with van der Waals surface area (Å²) < 4.78 is 15.0. The summed E-state index contributed by atoms with van der Waals surface area (Å²) in [7, 11) is 2.02. The third kappa shape index (κ3) is 3.23. The number of nitrogens with two attached hydrogens (primary N) is 1. The highest BCUT2D eigenvalue weighted by molar-refractivity contribution is 5.16. The second-order valence-electron chi connectivity index (χ2n) is 4.90. The fourth-order valence-electron chi connectivity index (χ4n) is 2.39. The Labute approximate surface area is 119 Å². The van der Waals surface area contributed by atoms with Crippen molar-refractivity contribution in [2.75, 3.05) is 13.6 Å². The van der Waals surface area contributed by atoms with E-state index in [1.807, 2.05) is 19.6 Å². The molecule has 2 N–H and O–H groups in total. The predicted octanol–water partition coefficient (Wildman–Crippen LogP) is 2.17. The first-order chi connectivity index (χ1) is 9.65. The van der Waals surface area contributed by atoms with Crippen molar-refractivity contribution in [1.29, 1.82) is 0 Å². The normalized spacial score (nSPS) is 12.8. The summed E-state index contributed by atoms with van der Waals surface area (Å²) in [5.74, 6) is -0.212. The molecule has 1 unspecified atom stereocenters. The molecule has 0 spiro atoms. The van der Waals surface area contributed by atoms with Crippen LogP contribution in [0.2, 0.25) is 0 Å². The summed E-state index contributed by atoms with van der Waals surface area (Å²) in [6.45, 7) is 4.19. The van der Waals surface area contributed by atoms with Gasteiger partial charge in [0.15, 0.2) is 0 Å². The van der Waals surface area contributed by atoms with Gasteiger partial charge in [-0.05, 0) is 31.7 Å². The van der Waals surface area contributed by atoms with Gasteiger partial charge in [-0.3, -0.25) is 4.90 Å². The highest BCUT2D eigenvalue weighted by Crippen LogP contribution is 2.20. The van der Waals surface area contributed by atoms with Gasteiger partial charge in [-0.25, -0.2) is 9.37 Å². The Bertz CT molecular complexity index is 535. The quantitative estimate of drug-likeness (QED) is 0.879. The van der Waals surface area contributed by atoms with E-state index in [-0.39, 0.29) is 11.9 Å². The lowest BCUT2D eigenvalue weighted by Gasteiger charge is -2.27. The molecule has 20 heavy (non-hydrogen) atoms. The molecule has 1 heterocycles. The predicted molar refractivity (Wildman–Crippen MR) is 77.6 cm³/mol. The summed E-state index contributed by atoms with van der Waals surface area (Å²) in [4.78, 5) is 6.36. The van der Waals surface area contributed by atoms with Crippen molar-refractivity contribution in [1.82, 2.24) is 14.5 Å². The number of nitrogens with zero attached hydrogens (tertiary/aromatic N) is 3. The van der Waals surface area contributed by atoms with E-state index < -0.39 is 0 Å². The third-order valence-electron chi connectivity index (χ3n) is 3.53. The van der Waals surface area contributed by atoms with Crippen LogP contribution in [-0.2, 0) is 13.1 Å². The van der Waals surface area contributed by atoms with E-state index in [9.17, 15) is 4.39 Å². The number of hydrogen-bond acceptors (Lipinski definition) is 3. The maximum atomic E-state index is 12.9. The van der Waals surface area contributed by atoms with Crippen LogP contribution in [0, 0.1) is 5.82 Å². The molecule has 0 amide bonds. The van der Waals surface area contributed by atoms with Crippen molar-refractivity contribution in [3.05, 3.63) is 53.9 Å². The smallest absolute Gasteiger partial charge is 0.123 e. The molecule has 108 valence electrons. The van der Waals surface area contributed by atoms with E-state index in [2.05, 4.69) is 21.4 Å². The summed E-state index contributed by atoms with van der Waals surface area (Å²) >= 11 is 0. The number of rotatable bonds is 6. The van der Waals surface area contributed by atoms with Crippen LogP contribution in [0.4, 0.5) is 4.39 Å². The van der Waals surface area contributed by atoms with Gasteiger partial charge >= 0.3 is 0 Å². The monoisotopic (exact) mass is 276 g/mol. The van der Waals surface area contributed by atoms with E-state index in [1.165, 1.54) is 12.1 Å². The summed E-state index contributed by atoms with van der Waals surface area (Å²) in [5.41, 5.74) is 8.10. The minimum Gasteiger partial charge on any atom is -0.333 e. The Morgan fingerprint density at radius 2 is 2.05 bits per heavy atom. The zero-order valence-electron chi connectivity index (χ0n) is 12.0. The van der Waals surface area contributed by atoms with Gasteiger partial charge in [0.05, 0.1) is 18.1 Å². The lowest BCUT2D eigenvalue weighted by Crippen LogP contribution is -2.31. The van der Waals surface area contributed by atoms with Crippen molar-refractivity contribution in [3.63, 3.8) is 0 Å². The Kier molecular flexibility index (Phi) is 4.87. The number of aromatic nitrogens is 2. The van der Waals surface area contributed by atoms with Gasteiger partial charge in [0.2, 0.25) is 0 Å². The van der Waals surface area contributed by atoms with Crippen LogP contribution in [0.3, 0.4) is 0 Å². The van der Waals surface area contributed by atoms with Crippen LogP contribution in [0.15, 0.2) is 36.8 Å². The molecule has 0 aliphatic rings. The van der Waals surface area contributed by atoms with Gasteiger partial charge in [-0.15, -0.1) is 0 Å². The van der Waals surface area contributed by atoms with Gasteiger partial charge in [-0.1, -0.05) is 12.1 Å². The molecule has 1 aromatic heterocycles. The number of imidazole rings is 1. The zero-order chi connectivity index (χ0) is 14.5. The molecule has 0 aliphatic carbocycles. The molecule has 0 fully saturated rings. The number of aryl methyl sites for hydroxylation is 1. The van der Waals surface area contributed by atoms with Crippen LogP contribution >= 0.6 is 0 Å². The minimum absolute atomic E-state index is 0.0995. The molecule has 0 radical (unpaired) electrons. The lowest BCUT2D eigenvalue weighted by atomic mass is 10.1. The Hall–Kier alpha value is -1.72. The average Bonchev–Trinajstić information content (AvgIpc) is 2.90. The van der Waals surface area contributed by atoms with Crippen molar-refractivity contribution >= 4 is 0 Å². The highest BCUT2D eigenvalue weighted by atomic mass is 19.1. The fraction of sp³-hybridized carbons (Fsp3) is 0.400. The average molecular weight is 276 g/mol. The maximum absolute atomic E-state index is 12.9. The van der Waals surface area contributed by atoms with Crippen LogP contribution in [-0.4, -0.2) is 28.0 Å². The van der Waals surface area contributed by atoms with Crippen LogP contribution in [0.1, 0.15) is 24.2 Å². The molecule has 0 saturated heterocycles. The first-order valence-corrected chi connectivity index (χ1v) is 6.80. The highest BCUT2D eigenvalue weighted by Gasteiger charge is 2.19. The number of benzene rings is 1. The Morgan fingerprint density at radius 1 is 1.35 bits per heavy atom. The minimum atomic E-state index is -0.212. The van der Waals surface area contributed by atoms with E-state index in [0.29, 0.717) is 6.54 Å². The fourth-order valence-corrected chi connectivity index (χ4v) is 2.39. The van der Waals surface area contributed by atoms with Crippen molar-refractivity contribution in [2.45, 2.75) is 26.1 Å². The van der Waals surface area contributed by atoms with Gasteiger partial charge in [-0.2, -0.15) is 0 Å². The second kappa shape index (κ2) is 6.63. The van der Waals surface area contributed by atoms with Crippen LogP contribution < -0.4 is 5.73 Å². The van der Waals surface area contributed by atoms with E-state index in [4.69, 9.17) is 5.73 Å². The molecule has 5 heteroatoms. The molecule has 1 atom stereocenters. The van der Waals surface area contributed by atoms with Crippen molar-refractivity contribution < 1.29 is 4.39 Å². The van der Waals surface area contributed by atoms with Crippen LogP contribution in [0.25, 0.3) is 0 Å². The molecule has 0 aliphatic heterocycles. The van der Waals surface area contributed by atoms with Crippen molar-refractivity contribution in [3.8, 4) is 0 Å². The zero-order valence-corrected chi connectivity index (χ0v) is 12.0. The lowest BCUT2D eigenvalue weighted by molar-refractivity contribution is 0.232. The molecule has 2 aromatic rings. The van der Waals surface area contributed by atoms with E-state index >= 15 is 0 Å². The van der Waals surface area contributed by atoms with Gasteiger partial charge in [0, 0.05) is 25.8 Å². The van der Waals surface area contributed by atoms with Gasteiger partial charge in [0.1, 0.15) is 5.82 Å². The van der Waals surface area contributed by atoms with E-state index in [1.54, 1.807) is 12.1 Å². The number of halogens is 1. The largest absolute Gasteiger partial charge is 0.333 e. The molecule has 2 rings (SSSR count). The molecule has 4 nitrogen and oxygen atoms in total. The summed E-state index contributed by atoms with van der Waals surface area (Å²) in [5, 5.41) is 0. The number of likely N-dealkylation sites (N-methyl/N-ethyl adjacent to an activating group) is 1. The topological polar surface area (TPSA) is 47.1 Å². The standard InChI is InChI=1S/C15H21FN4/c1-3-20-11-18-9-15(20)14(8-17)19(2)10-12-4-6-13(16)7-5-12/h4-7,9,11,14H,3,8,10,17H2,1-2H3. The maximum Gasteiger partial charge on any atom is 0.123 e. The summed E-state index contributed by atoms with van der Waals surface area (Å²) in [6, 6.07) is 6.67. The molecule has 0 saturated carbocycles.